The molecule has 0 aliphatic carbocycles. The highest BCUT2D eigenvalue weighted by Gasteiger charge is 2.17. The van der Waals surface area contributed by atoms with E-state index < -0.39 is 0 Å². The van der Waals surface area contributed by atoms with Gasteiger partial charge >= 0.3 is 0 Å². The third kappa shape index (κ3) is 4.81. The van der Waals surface area contributed by atoms with Gasteiger partial charge < -0.3 is 10.2 Å². The molecule has 6 heteroatoms. The van der Waals surface area contributed by atoms with Gasteiger partial charge in [-0.1, -0.05) is 12.1 Å². The molecule has 1 aromatic heterocycles. The number of carbonyl (C=O) groups is 2. The Morgan fingerprint density at radius 3 is 2.73 bits per heavy atom. The second kappa shape index (κ2) is 8.28. The summed E-state index contributed by atoms with van der Waals surface area (Å²) < 4.78 is 1.00. The molecule has 4 nitrogen and oxygen atoms in total. The zero-order chi connectivity index (χ0) is 15.9. The standard InChI is InChI=1S/C16H17IN2O2S/c1-2-19(16(21)12-5-3-6-13(17)9-12)11-15(20)18-10-14-7-4-8-22-14/h3-9H,2,10-11H2,1H3,(H,18,20). The van der Waals surface area contributed by atoms with Gasteiger partial charge in [-0.05, 0) is 59.2 Å². The molecule has 2 amide bonds. The maximum absolute atomic E-state index is 12.4. The van der Waals surface area contributed by atoms with E-state index in [1.807, 2.05) is 42.6 Å². The molecular weight excluding hydrogens is 411 g/mol. The molecule has 0 aliphatic heterocycles. The van der Waals surface area contributed by atoms with Crippen LogP contribution in [0.1, 0.15) is 22.2 Å². The number of hydrogen-bond acceptors (Lipinski definition) is 3. The lowest BCUT2D eigenvalue weighted by Crippen LogP contribution is -2.40. The van der Waals surface area contributed by atoms with Crippen LogP contribution in [0.5, 0.6) is 0 Å². The summed E-state index contributed by atoms with van der Waals surface area (Å²) in [4.78, 5) is 27.1. The van der Waals surface area contributed by atoms with Crippen molar-refractivity contribution in [1.29, 1.82) is 0 Å². The normalized spacial score (nSPS) is 10.3. The molecule has 0 saturated heterocycles. The summed E-state index contributed by atoms with van der Waals surface area (Å²) >= 11 is 3.77. The van der Waals surface area contributed by atoms with Gasteiger partial charge in [-0.25, -0.2) is 0 Å². The zero-order valence-corrected chi connectivity index (χ0v) is 15.2. The molecule has 2 rings (SSSR count). The van der Waals surface area contributed by atoms with E-state index in [0.717, 1.165) is 8.45 Å². The number of amides is 2. The SMILES string of the molecule is CCN(CC(=O)NCc1cccs1)C(=O)c1cccc(I)c1. The van der Waals surface area contributed by atoms with E-state index >= 15 is 0 Å². The Balaban J connectivity index is 1.93. The fourth-order valence-corrected chi connectivity index (χ4v) is 3.15. The summed E-state index contributed by atoms with van der Waals surface area (Å²) in [6.07, 6.45) is 0. The summed E-state index contributed by atoms with van der Waals surface area (Å²) in [5.41, 5.74) is 0.611. The van der Waals surface area contributed by atoms with E-state index in [-0.39, 0.29) is 18.4 Å². The number of nitrogens with zero attached hydrogens (tertiary/aromatic N) is 1. The quantitative estimate of drug-likeness (QED) is 0.719. The molecule has 1 N–H and O–H groups in total. The molecule has 22 heavy (non-hydrogen) atoms. The first-order chi connectivity index (χ1) is 10.6. The maximum Gasteiger partial charge on any atom is 0.254 e. The van der Waals surface area contributed by atoms with Gasteiger partial charge in [-0.15, -0.1) is 11.3 Å². The van der Waals surface area contributed by atoms with E-state index in [2.05, 4.69) is 27.9 Å². The molecule has 1 aromatic carbocycles. The van der Waals surface area contributed by atoms with E-state index in [1.165, 1.54) is 0 Å². The van der Waals surface area contributed by atoms with Crippen LogP contribution in [0.15, 0.2) is 41.8 Å². The lowest BCUT2D eigenvalue weighted by molar-refractivity contribution is -0.121. The van der Waals surface area contributed by atoms with Crippen LogP contribution in [0.25, 0.3) is 0 Å². The molecule has 0 atom stereocenters. The van der Waals surface area contributed by atoms with Crippen molar-refractivity contribution in [2.45, 2.75) is 13.5 Å². The predicted molar refractivity (Wildman–Crippen MR) is 96.9 cm³/mol. The summed E-state index contributed by atoms with van der Waals surface area (Å²) in [5, 5.41) is 4.82. The van der Waals surface area contributed by atoms with Gasteiger partial charge in [0.25, 0.3) is 5.91 Å². The highest BCUT2D eigenvalue weighted by Crippen LogP contribution is 2.11. The molecule has 2 aromatic rings. The van der Waals surface area contributed by atoms with Gasteiger partial charge in [-0.2, -0.15) is 0 Å². The Kier molecular flexibility index (Phi) is 6.38. The van der Waals surface area contributed by atoms with Crippen molar-refractivity contribution < 1.29 is 9.59 Å². The topological polar surface area (TPSA) is 49.4 Å². The zero-order valence-electron chi connectivity index (χ0n) is 12.2. The number of benzene rings is 1. The van der Waals surface area contributed by atoms with Crippen molar-refractivity contribution in [2.24, 2.45) is 0 Å². The summed E-state index contributed by atoms with van der Waals surface area (Å²) in [6, 6.07) is 11.3. The van der Waals surface area contributed by atoms with Gasteiger partial charge in [-0.3, -0.25) is 9.59 Å². The van der Waals surface area contributed by atoms with Crippen LogP contribution in [0.3, 0.4) is 0 Å². The van der Waals surface area contributed by atoms with Crippen molar-refractivity contribution in [1.82, 2.24) is 10.2 Å². The second-order valence-electron chi connectivity index (χ2n) is 4.69. The Bertz CT molecular complexity index is 643. The molecule has 0 radical (unpaired) electrons. The van der Waals surface area contributed by atoms with Crippen LogP contribution >= 0.6 is 33.9 Å². The van der Waals surface area contributed by atoms with Crippen molar-refractivity contribution in [3.8, 4) is 0 Å². The number of rotatable bonds is 6. The smallest absolute Gasteiger partial charge is 0.254 e. The van der Waals surface area contributed by atoms with Gasteiger partial charge in [0.05, 0.1) is 13.1 Å². The van der Waals surface area contributed by atoms with E-state index in [4.69, 9.17) is 0 Å². The highest BCUT2D eigenvalue weighted by molar-refractivity contribution is 14.1. The second-order valence-corrected chi connectivity index (χ2v) is 6.96. The van der Waals surface area contributed by atoms with Crippen LogP contribution in [0, 0.1) is 3.57 Å². The molecule has 0 aliphatic rings. The first-order valence-corrected chi connectivity index (χ1v) is 8.90. The summed E-state index contributed by atoms with van der Waals surface area (Å²) in [7, 11) is 0. The van der Waals surface area contributed by atoms with Crippen molar-refractivity contribution >= 4 is 45.7 Å². The predicted octanol–water partition coefficient (Wildman–Crippen LogP) is 3.13. The fraction of sp³-hybridized carbons (Fsp3) is 0.250. The number of carbonyl (C=O) groups excluding carboxylic acids is 2. The number of halogens is 1. The Morgan fingerprint density at radius 1 is 1.27 bits per heavy atom. The van der Waals surface area contributed by atoms with E-state index in [9.17, 15) is 9.59 Å². The molecule has 0 bridgehead atoms. The molecule has 0 fully saturated rings. The van der Waals surface area contributed by atoms with E-state index in [1.54, 1.807) is 22.3 Å². The average Bonchev–Trinajstić information content (AvgIpc) is 3.03. The molecule has 1 heterocycles. The summed E-state index contributed by atoms with van der Waals surface area (Å²) in [5.74, 6) is -0.262. The van der Waals surface area contributed by atoms with Crippen LogP contribution in [-0.2, 0) is 11.3 Å². The van der Waals surface area contributed by atoms with Crippen molar-refractivity contribution in [3.05, 3.63) is 55.8 Å². The first kappa shape index (κ1) is 17.0. The van der Waals surface area contributed by atoms with Gasteiger partial charge in [0.2, 0.25) is 5.91 Å². The molecule has 0 spiro atoms. The number of thiophene rings is 1. The molecule has 0 unspecified atom stereocenters. The van der Waals surface area contributed by atoms with Crippen molar-refractivity contribution in [3.63, 3.8) is 0 Å². The van der Waals surface area contributed by atoms with Crippen LogP contribution in [0.2, 0.25) is 0 Å². The lowest BCUT2D eigenvalue weighted by atomic mass is 10.2. The summed E-state index contributed by atoms with van der Waals surface area (Å²) in [6.45, 7) is 2.95. The van der Waals surface area contributed by atoms with Gasteiger partial charge in [0.15, 0.2) is 0 Å². The third-order valence-corrected chi connectivity index (χ3v) is 4.66. The minimum Gasteiger partial charge on any atom is -0.350 e. The third-order valence-electron chi connectivity index (χ3n) is 3.11. The van der Waals surface area contributed by atoms with Crippen molar-refractivity contribution in [2.75, 3.05) is 13.1 Å². The van der Waals surface area contributed by atoms with Crippen LogP contribution in [0.4, 0.5) is 0 Å². The van der Waals surface area contributed by atoms with Gasteiger partial charge in [0.1, 0.15) is 0 Å². The Labute approximate surface area is 147 Å². The largest absolute Gasteiger partial charge is 0.350 e. The Hall–Kier alpha value is -1.41. The van der Waals surface area contributed by atoms with Crippen LogP contribution in [-0.4, -0.2) is 29.8 Å². The number of hydrogen-bond donors (Lipinski definition) is 1. The lowest BCUT2D eigenvalue weighted by Gasteiger charge is -2.20. The monoisotopic (exact) mass is 428 g/mol. The molecule has 0 saturated carbocycles. The fourth-order valence-electron chi connectivity index (χ4n) is 1.96. The average molecular weight is 428 g/mol. The number of likely N-dealkylation sites (N-methyl/N-ethyl adjacent to an activating group) is 1. The minimum atomic E-state index is -0.144. The Morgan fingerprint density at radius 2 is 2.09 bits per heavy atom. The first-order valence-electron chi connectivity index (χ1n) is 6.94. The molecule has 116 valence electrons. The highest BCUT2D eigenvalue weighted by atomic mass is 127. The number of nitrogens with one attached hydrogen (secondary N) is 1. The van der Waals surface area contributed by atoms with E-state index in [0.29, 0.717) is 18.7 Å². The molecular formula is C16H17IN2O2S. The van der Waals surface area contributed by atoms with Crippen LogP contribution < -0.4 is 5.32 Å². The minimum absolute atomic E-state index is 0.0756. The van der Waals surface area contributed by atoms with Gasteiger partial charge in [0, 0.05) is 20.6 Å². The maximum atomic E-state index is 12.4.